The molecule has 0 unspecified atom stereocenters. The number of nitrogens with zero attached hydrogens (tertiary/aromatic N) is 1. The van der Waals surface area contributed by atoms with E-state index in [2.05, 4.69) is 38.1 Å². The molecule has 0 bridgehead atoms. The fraction of sp³-hybridized carbons (Fsp3) is 0.176. The minimum Gasteiger partial charge on any atom is -0.350 e. The highest BCUT2D eigenvalue weighted by atomic mass is 32.1. The summed E-state index contributed by atoms with van der Waals surface area (Å²) in [4.78, 5) is 22.2. The Morgan fingerprint density at radius 2 is 1.91 bits per heavy atom. The van der Waals surface area contributed by atoms with Gasteiger partial charge in [0.2, 0.25) is 0 Å². The second-order valence-electron chi connectivity index (χ2n) is 4.87. The molecule has 2 N–H and O–H groups in total. The zero-order valence-corrected chi connectivity index (χ0v) is 13.4. The molecule has 5 heteroatoms. The summed E-state index contributed by atoms with van der Waals surface area (Å²) in [5.41, 5.74) is 7.45. The maximum atomic E-state index is 11.4. The van der Waals surface area contributed by atoms with E-state index in [0.29, 0.717) is 5.39 Å². The van der Waals surface area contributed by atoms with E-state index in [1.807, 2.05) is 6.07 Å². The summed E-state index contributed by atoms with van der Waals surface area (Å²) in [5, 5.41) is 0.534. The summed E-state index contributed by atoms with van der Waals surface area (Å²) in [6, 6.07) is 14.9. The molecule has 3 aromatic rings. The van der Waals surface area contributed by atoms with Crippen LogP contribution in [-0.4, -0.2) is 9.99 Å². The minimum absolute atomic E-state index is 0.340. The Bertz CT molecular complexity index is 849. The molecule has 0 fully saturated rings. The van der Waals surface area contributed by atoms with Crippen molar-refractivity contribution < 1.29 is 4.79 Å². The van der Waals surface area contributed by atoms with Crippen LogP contribution in [0.2, 0.25) is 0 Å². The van der Waals surface area contributed by atoms with Gasteiger partial charge in [-0.25, -0.2) is 4.79 Å². The van der Waals surface area contributed by atoms with Crippen molar-refractivity contribution in [2.75, 3.05) is 0 Å². The standard InChI is InChI=1S/C9H12.C8H6N2O2S/c1-3-9-6-4-5-8(2)7-9;9-8(12)10-7(11)5-3-1-2-4-6(5)13-10/h4-7H,3H2,1-2H3;1-4H,(H2,9,12). The van der Waals surface area contributed by atoms with Gasteiger partial charge in [0, 0.05) is 0 Å². The average Bonchev–Trinajstić information content (AvgIpc) is 2.86. The Hall–Kier alpha value is -2.40. The largest absolute Gasteiger partial charge is 0.350 e. The summed E-state index contributed by atoms with van der Waals surface area (Å²) < 4.78 is 1.72. The third kappa shape index (κ3) is 3.62. The van der Waals surface area contributed by atoms with Gasteiger partial charge in [0.05, 0.1) is 10.1 Å². The van der Waals surface area contributed by atoms with Crippen molar-refractivity contribution >= 4 is 27.6 Å². The molecule has 22 heavy (non-hydrogen) atoms. The Labute approximate surface area is 133 Å². The molecule has 0 atom stereocenters. The lowest BCUT2D eigenvalue weighted by atomic mass is 10.1. The van der Waals surface area contributed by atoms with Crippen LogP contribution in [0.3, 0.4) is 0 Å². The van der Waals surface area contributed by atoms with Gasteiger partial charge in [-0.05, 0) is 42.6 Å². The highest BCUT2D eigenvalue weighted by Crippen LogP contribution is 2.14. The van der Waals surface area contributed by atoms with E-state index in [0.717, 1.165) is 26.6 Å². The Balaban J connectivity index is 0.000000172. The van der Waals surface area contributed by atoms with Crippen LogP contribution in [-0.2, 0) is 6.42 Å². The number of hydrogen-bond acceptors (Lipinski definition) is 3. The maximum Gasteiger partial charge on any atom is 0.335 e. The van der Waals surface area contributed by atoms with Gasteiger partial charge in [-0.15, -0.1) is 0 Å². The third-order valence-electron chi connectivity index (χ3n) is 3.18. The zero-order valence-electron chi connectivity index (χ0n) is 12.6. The Kier molecular flexibility index (Phi) is 5.12. The van der Waals surface area contributed by atoms with E-state index < -0.39 is 6.03 Å². The fourth-order valence-corrected chi connectivity index (χ4v) is 2.91. The normalized spacial score (nSPS) is 10.1. The summed E-state index contributed by atoms with van der Waals surface area (Å²) in [6.45, 7) is 4.30. The molecular weight excluding hydrogens is 296 g/mol. The van der Waals surface area contributed by atoms with Crippen LogP contribution in [0.15, 0.2) is 53.3 Å². The van der Waals surface area contributed by atoms with Crippen molar-refractivity contribution in [1.82, 2.24) is 3.96 Å². The average molecular weight is 314 g/mol. The van der Waals surface area contributed by atoms with Crippen LogP contribution in [0.1, 0.15) is 18.1 Å². The molecule has 114 valence electrons. The predicted octanol–water partition coefficient (Wildman–Crippen LogP) is 3.55. The number of rotatable bonds is 1. The first-order valence-corrected chi connectivity index (χ1v) is 7.76. The van der Waals surface area contributed by atoms with Gasteiger partial charge in [-0.2, -0.15) is 3.96 Å². The van der Waals surface area contributed by atoms with Crippen molar-refractivity contribution in [3.05, 3.63) is 70.0 Å². The molecule has 1 amide bonds. The van der Waals surface area contributed by atoms with Crippen LogP contribution in [0.25, 0.3) is 10.1 Å². The molecule has 0 aliphatic carbocycles. The first kappa shape index (κ1) is 16.0. The predicted molar refractivity (Wildman–Crippen MR) is 91.6 cm³/mol. The lowest BCUT2D eigenvalue weighted by molar-refractivity contribution is 0.252. The highest BCUT2D eigenvalue weighted by molar-refractivity contribution is 7.14. The molecule has 2 aromatic carbocycles. The molecular formula is C17H18N2O2S. The Morgan fingerprint density at radius 1 is 1.18 bits per heavy atom. The summed E-state index contributed by atoms with van der Waals surface area (Å²) in [5.74, 6) is 0. The number of hydrogen-bond donors (Lipinski definition) is 1. The number of nitrogens with two attached hydrogens (primary N) is 1. The summed E-state index contributed by atoms with van der Waals surface area (Å²) >= 11 is 1.06. The van der Waals surface area contributed by atoms with Crippen LogP contribution >= 0.6 is 11.5 Å². The molecule has 1 heterocycles. The van der Waals surface area contributed by atoms with Gasteiger partial charge >= 0.3 is 6.03 Å². The van der Waals surface area contributed by atoms with Crippen LogP contribution < -0.4 is 11.3 Å². The van der Waals surface area contributed by atoms with E-state index in [1.54, 1.807) is 18.2 Å². The molecule has 3 rings (SSSR count). The fourth-order valence-electron chi connectivity index (χ4n) is 2.05. The number of primary amides is 1. The van der Waals surface area contributed by atoms with Crippen molar-refractivity contribution in [3.63, 3.8) is 0 Å². The second kappa shape index (κ2) is 7.04. The third-order valence-corrected chi connectivity index (χ3v) is 4.26. The molecule has 0 radical (unpaired) electrons. The van der Waals surface area contributed by atoms with Crippen molar-refractivity contribution in [3.8, 4) is 0 Å². The molecule has 0 saturated carbocycles. The SMILES string of the molecule is CCc1cccc(C)c1.NC(=O)n1sc2ccccc2c1=O. The smallest absolute Gasteiger partial charge is 0.335 e. The van der Waals surface area contributed by atoms with Gasteiger partial charge in [0.25, 0.3) is 5.56 Å². The van der Waals surface area contributed by atoms with Crippen LogP contribution in [0, 0.1) is 6.92 Å². The molecule has 4 nitrogen and oxygen atoms in total. The van der Waals surface area contributed by atoms with E-state index in [9.17, 15) is 9.59 Å². The van der Waals surface area contributed by atoms with Gasteiger partial charge in [-0.1, -0.05) is 48.9 Å². The maximum absolute atomic E-state index is 11.4. The number of aromatic nitrogens is 1. The topological polar surface area (TPSA) is 65.1 Å². The number of carbonyl (C=O) groups excluding carboxylic acids is 1. The van der Waals surface area contributed by atoms with E-state index >= 15 is 0 Å². The summed E-state index contributed by atoms with van der Waals surface area (Å²) in [6.07, 6.45) is 1.14. The molecule has 0 aliphatic heterocycles. The first-order chi connectivity index (χ1) is 10.5. The van der Waals surface area contributed by atoms with Crippen LogP contribution in [0.5, 0.6) is 0 Å². The number of fused-ring (bicyclic) bond motifs is 1. The monoisotopic (exact) mass is 314 g/mol. The number of carbonyl (C=O) groups is 1. The van der Waals surface area contributed by atoms with E-state index in [4.69, 9.17) is 5.73 Å². The highest BCUT2D eigenvalue weighted by Gasteiger charge is 2.09. The minimum atomic E-state index is -0.730. The number of aryl methyl sites for hydroxylation is 2. The van der Waals surface area contributed by atoms with E-state index in [-0.39, 0.29) is 5.56 Å². The molecule has 1 aromatic heterocycles. The van der Waals surface area contributed by atoms with Crippen molar-refractivity contribution in [2.24, 2.45) is 5.73 Å². The van der Waals surface area contributed by atoms with Crippen molar-refractivity contribution in [1.29, 1.82) is 0 Å². The van der Waals surface area contributed by atoms with Gasteiger partial charge in [-0.3, -0.25) is 4.79 Å². The quantitative estimate of drug-likeness (QED) is 0.746. The molecule has 0 saturated heterocycles. The van der Waals surface area contributed by atoms with Gasteiger partial charge < -0.3 is 5.73 Å². The zero-order chi connectivity index (χ0) is 16.1. The van der Waals surface area contributed by atoms with Gasteiger partial charge in [0.1, 0.15) is 0 Å². The van der Waals surface area contributed by atoms with Crippen LogP contribution in [0.4, 0.5) is 4.79 Å². The van der Waals surface area contributed by atoms with E-state index in [1.165, 1.54) is 11.1 Å². The number of benzene rings is 2. The summed E-state index contributed by atoms with van der Waals surface area (Å²) in [7, 11) is 0. The first-order valence-electron chi connectivity index (χ1n) is 6.99. The van der Waals surface area contributed by atoms with Gasteiger partial charge in [0.15, 0.2) is 0 Å². The molecule has 0 aliphatic rings. The van der Waals surface area contributed by atoms with Crippen molar-refractivity contribution in [2.45, 2.75) is 20.3 Å². The lowest BCUT2D eigenvalue weighted by Gasteiger charge is -1.95. The molecule has 0 spiro atoms. The number of amides is 1. The Morgan fingerprint density at radius 3 is 2.45 bits per heavy atom. The second-order valence-corrected chi connectivity index (χ2v) is 5.86. The lowest BCUT2D eigenvalue weighted by Crippen LogP contribution is -2.26.